The zero-order valence-electron chi connectivity index (χ0n) is 12.7. The first-order valence-corrected chi connectivity index (χ1v) is 6.97. The summed E-state index contributed by atoms with van der Waals surface area (Å²) in [5.74, 6) is 0.896. The lowest BCUT2D eigenvalue weighted by Gasteiger charge is -2.12. The Hall–Kier alpha value is -1.81. The molecule has 0 aliphatic heterocycles. The molecule has 2 rings (SSSR count). The number of ether oxygens (including phenoxy) is 1. The Morgan fingerprint density at radius 2 is 2.05 bits per heavy atom. The van der Waals surface area contributed by atoms with Crippen LogP contribution in [0.2, 0.25) is 0 Å². The lowest BCUT2D eigenvalue weighted by molar-refractivity contribution is 0.190. The summed E-state index contributed by atoms with van der Waals surface area (Å²) >= 11 is 0. The molecule has 0 saturated heterocycles. The fourth-order valence-corrected chi connectivity index (χ4v) is 2.20. The number of nitrogens with zero attached hydrogens (tertiary/aromatic N) is 2. The third kappa shape index (κ3) is 3.39. The highest BCUT2D eigenvalue weighted by molar-refractivity contribution is 5.60. The molecule has 0 atom stereocenters. The molecule has 0 amide bonds. The number of rotatable bonds is 6. The van der Waals surface area contributed by atoms with Gasteiger partial charge >= 0.3 is 0 Å². The minimum Gasteiger partial charge on any atom is -0.385 e. The molecule has 0 bridgehead atoms. The third-order valence-corrected chi connectivity index (χ3v) is 3.50. The highest BCUT2D eigenvalue weighted by Crippen LogP contribution is 2.22. The standard InChI is InChI=1S/C16H23N3O/c1-12-7-5-8-15(14(12)3)18-16-17-13(2)11-19(16)9-6-10-20-4/h5,7-8,11H,6,9-10H2,1-4H3,(H,17,18). The molecule has 20 heavy (non-hydrogen) atoms. The maximum Gasteiger partial charge on any atom is 0.207 e. The minimum atomic E-state index is 0.764. The van der Waals surface area contributed by atoms with Gasteiger partial charge in [0.15, 0.2) is 0 Å². The first-order chi connectivity index (χ1) is 9.61. The number of aryl methyl sites for hydroxylation is 3. The highest BCUT2D eigenvalue weighted by Gasteiger charge is 2.08. The number of benzene rings is 1. The topological polar surface area (TPSA) is 39.1 Å². The van der Waals surface area contributed by atoms with E-state index in [4.69, 9.17) is 4.74 Å². The molecule has 4 heteroatoms. The molecule has 0 saturated carbocycles. The molecule has 1 heterocycles. The molecule has 0 aliphatic carbocycles. The van der Waals surface area contributed by atoms with Crippen LogP contribution in [0.15, 0.2) is 24.4 Å². The van der Waals surface area contributed by atoms with Crippen LogP contribution in [-0.2, 0) is 11.3 Å². The van der Waals surface area contributed by atoms with Gasteiger partial charge < -0.3 is 14.6 Å². The summed E-state index contributed by atoms with van der Waals surface area (Å²) in [6.45, 7) is 7.93. The maximum atomic E-state index is 5.11. The quantitative estimate of drug-likeness (QED) is 0.817. The van der Waals surface area contributed by atoms with Gasteiger partial charge in [0.1, 0.15) is 0 Å². The van der Waals surface area contributed by atoms with E-state index in [1.54, 1.807) is 7.11 Å². The van der Waals surface area contributed by atoms with E-state index in [9.17, 15) is 0 Å². The lowest BCUT2D eigenvalue weighted by Crippen LogP contribution is -2.06. The second-order valence-corrected chi connectivity index (χ2v) is 5.12. The molecular weight excluding hydrogens is 250 g/mol. The van der Waals surface area contributed by atoms with E-state index in [-0.39, 0.29) is 0 Å². The Kier molecular flexibility index (Phi) is 4.79. The van der Waals surface area contributed by atoms with E-state index in [1.807, 2.05) is 6.92 Å². The first kappa shape index (κ1) is 14.6. The first-order valence-electron chi connectivity index (χ1n) is 6.97. The summed E-state index contributed by atoms with van der Waals surface area (Å²) in [5.41, 5.74) is 4.68. The summed E-state index contributed by atoms with van der Waals surface area (Å²) in [5, 5.41) is 3.44. The monoisotopic (exact) mass is 273 g/mol. The van der Waals surface area contributed by atoms with E-state index in [2.05, 4.69) is 53.1 Å². The lowest BCUT2D eigenvalue weighted by atomic mass is 10.1. The van der Waals surface area contributed by atoms with Gasteiger partial charge in [0, 0.05) is 32.1 Å². The highest BCUT2D eigenvalue weighted by atomic mass is 16.5. The average Bonchev–Trinajstić information content (AvgIpc) is 2.76. The largest absolute Gasteiger partial charge is 0.385 e. The Morgan fingerprint density at radius 3 is 2.80 bits per heavy atom. The van der Waals surface area contributed by atoms with Gasteiger partial charge in [-0.25, -0.2) is 4.98 Å². The van der Waals surface area contributed by atoms with Gasteiger partial charge in [-0.3, -0.25) is 0 Å². The number of methoxy groups -OCH3 is 1. The molecular formula is C16H23N3O. The molecule has 2 aromatic rings. The predicted octanol–water partition coefficient (Wildman–Crippen LogP) is 3.59. The van der Waals surface area contributed by atoms with Gasteiger partial charge in [-0.05, 0) is 44.4 Å². The van der Waals surface area contributed by atoms with Crippen molar-refractivity contribution in [3.8, 4) is 0 Å². The fraction of sp³-hybridized carbons (Fsp3) is 0.438. The summed E-state index contributed by atoms with van der Waals surface area (Å²) in [7, 11) is 1.73. The van der Waals surface area contributed by atoms with Crippen molar-refractivity contribution in [3.05, 3.63) is 41.2 Å². The maximum absolute atomic E-state index is 5.11. The van der Waals surface area contributed by atoms with Crippen LogP contribution in [0.4, 0.5) is 11.6 Å². The number of nitrogens with one attached hydrogen (secondary N) is 1. The Labute approximate surface area is 120 Å². The van der Waals surface area contributed by atoms with Crippen molar-refractivity contribution in [2.45, 2.75) is 33.7 Å². The van der Waals surface area contributed by atoms with Crippen molar-refractivity contribution in [2.24, 2.45) is 0 Å². The zero-order chi connectivity index (χ0) is 14.5. The summed E-state index contributed by atoms with van der Waals surface area (Å²) < 4.78 is 7.26. The molecule has 0 unspecified atom stereocenters. The zero-order valence-corrected chi connectivity index (χ0v) is 12.7. The third-order valence-electron chi connectivity index (χ3n) is 3.50. The van der Waals surface area contributed by atoms with Crippen LogP contribution in [0.5, 0.6) is 0 Å². The number of hydrogen-bond acceptors (Lipinski definition) is 3. The van der Waals surface area contributed by atoms with Gasteiger partial charge in [-0.15, -0.1) is 0 Å². The summed E-state index contributed by atoms with van der Waals surface area (Å²) in [6, 6.07) is 6.28. The van der Waals surface area contributed by atoms with Crippen LogP contribution in [-0.4, -0.2) is 23.3 Å². The number of hydrogen-bond donors (Lipinski definition) is 1. The molecule has 0 aliphatic rings. The normalized spacial score (nSPS) is 10.8. The average molecular weight is 273 g/mol. The Balaban J connectivity index is 2.18. The number of anilines is 2. The van der Waals surface area contributed by atoms with Crippen molar-refractivity contribution in [1.82, 2.24) is 9.55 Å². The van der Waals surface area contributed by atoms with Crippen LogP contribution < -0.4 is 5.32 Å². The number of aromatic nitrogens is 2. The van der Waals surface area contributed by atoms with E-state index >= 15 is 0 Å². The number of imidazole rings is 1. The van der Waals surface area contributed by atoms with Crippen molar-refractivity contribution in [3.63, 3.8) is 0 Å². The molecule has 0 spiro atoms. The Bertz CT molecular complexity index is 575. The van der Waals surface area contributed by atoms with E-state index in [0.29, 0.717) is 0 Å². The van der Waals surface area contributed by atoms with Crippen LogP contribution >= 0.6 is 0 Å². The van der Waals surface area contributed by atoms with Gasteiger partial charge in [-0.1, -0.05) is 12.1 Å². The van der Waals surface area contributed by atoms with E-state index in [1.165, 1.54) is 11.1 Å². The summed E-state index contributed by atoms with van der Waals surface area (Å²) in [4.78, 5) is 4.57. The predicted molar refractivity (Wildman–Crippen MR) is 82.7 cm³/mol. The van der Waals surface area contributed by atoms with Crippen molar-refractivity contribution in [2.75, 3.05) is 19.0 Å². The molecule has 0 radical (unpaired) electrons. The van der Waals surface area contributed by atoms with Gasteiger partial charge in [-0.2, -0.15) is 0 Å². The molecule has 1 N–H and O–H groups in total. The van der Waals surface area contributed by atoms with Crippen molar-refractivity contribution in [1.29, 1.82) is 0 Å². The minimum absolute atomic E-state index is 0.764. The second-order valence-electron chi connectivity index (χ2n) is 5.12. The smallest absolute Gasteiger partial charge is 0.207 e. The SMILES string of the molecule is COCCCn1cc(C)nc1Nc1cccc(C)c1C. The van der Waals surface area contributed by atoms with Crippen molar-refractivity contribution >= 4 is 11.6 Å². The van der Waals surface area contributed by atoms with E-state index < -0.39 is 0 Å². The fourth-order valence-electron chi connectivity index (χ4n) is 2.20. The van der Waals surface area contributed by atoms with Crippen LogP contribution in [0.1, 0.15) is 23.2 Å². The summed E-state index contributed by atoms with van der Waals surface area (Å²) in [6.07, 6.45) is 3.05. The van der Waals surface area contributed by atoms with Crippen LogP contribution in [0.3, 0.4) is 0 Å². The van der Waals surface area contributed by atoms with Crippen molar-refractivity contribution < 1.29 is 4.74 Å². The van der Waals surface area contributed by atoms with Gasteiger partial charge in [0.05, 0.1) is 5.69 Å². The molecule has 108 valence electrons. The molecule has 4 nitrogen and oxygen atoms in total. The van der Waals surface area contributed by atoms with E-state index in [0.717, 1.165) is 36.9 Å². The van der Waals surface area contributed by atoms with Crippen LogP contribution in [0, 0.1) is 20.8 Å². The van der Waals surface area contributed by atoms with Gasteiger partial charge in [0.25, 0.3) is 0 Å². The van der Waals surface area contributed by atoms with Gasteiger partial charge in [0.2, 0.25) is 5.95 Å². The Morgan fingerprint density at radius 1 is 1.25 bits per heavy atom. The molecule has 1 aromatic carbocycles. The molecule has 1 aromatic heterocycles. The second kappa shape index (κ2) is 6.57. The molecule has 0 fully saturated rings. The van der Waals surface area contributed by atoms with Crippen LogP contribution in [0.25, 0.3) is 0 Å².